The highest BCUT2D eigenvalue weighted by Crippen LogP contribution is 2.23. The number of aliphatic hydroxyl groups is 1. The minimum atomic E-state index is 0.253. The van der Waals surface area contributed by atoms with E-state index in [0.717, 1.165) is 72.9 Å². The van der Waals surface area contributed by atoms with Crippen LogP contribution in [-0.4, -0.2) is 56.6 Å². The Labute approximate surface area is 231 Å². The van der Waals surface area contributed by atoms with E-state index in [0.29, 0.717) is 0 Å². The lowest BCUT2D eigenvalue weighted by Gasteiger charge is -2.28. The first-order chi connectivity index (χ1) is 18.5. The van der Waals surface area contributed by atoms with Crippen molar-refractivity contribution >= 4 is 11.4 Å². The highest BCUT2D eigenvalue weighted by molar-refractivity contribution is 5.44. The molecule has 6 nitrogen and oxygen atoms in total. The maximum atomic E-state index is 9.11. The minimum Gasteiger partial charge on any atom is -0.494 e. The number of azo groups is 1. The summed E-state index contributed by atoms with van der Waals surface area (Å²) in [5.74, 6) is 1.75. The van der Waals surface area contributed by atoms with Crippen molar-refractivity contribution in [3.8, 4) is 11.5 Å². The second kappa shape index (κ2) is 19.6. The molecule has 0 radical (unpaired) electrons. The Kier molecular flexibility index (Phi) is 16.4. The zero-order chi connectivity index (χ0) is 27.3. The van der Waals surface area contributed by atoms with Crippen molar-refractivity contribution < 1.29 is 19.1 Å². The van der Waals surface area contributed by atoms with Gasteiger partial charge in [0.2, 0.25) is 0 Å². The molecule has 2 aromatic carbocycles. The fourth-order valence-corrected chi connectivity index (χ4v) is 4.33. The highest BCUT2D eigenvalue weighted by atomic mass is 16.5. The monoisotopic (exact) mass is 526 g/mol. The van der Waals surface area contributed by atoms with Crippen LogP contribution in [0.3, 0.4) is 0 Å². The molecule has 0 bridgehead atoms. The molecule has 0 aliphatic heterocycles. The van der Waals surface area contributed by atoms with Gasteiger partial charge in [0.05, 0.1) is 51.8 Å². The molecule has 0 spiro atoms. The summed E-state index contributed by atoms with van der Waals surface area (Å²) >= 11 is 0. The average Bonchev–Trinajstić information content (AvgIpc) is 2.91. The van der Waals surface area contributed by atoms with Crippen molar-refractivity contribution in [2.24, 2.45) is 10.2 Å². The molecule has 0 aliphatic rings. The molecule has 0 heterocycles. The van der Waals surface area contributed by atoms with Crippen LogP contribution in [0.2, 0.25) is 0 Å². The number of rotatable bonds is 22. The molecule has 212 valence electrons. The van der Waals surface area contributed by atoms with Crippen LogP contribution >= 0.6 is 0 Å². The van der Waals surface area contributed by atoms with Gasteiger partial charge in [-0.05, 0) is 80.6 Å². The van der Waals surface area contributed by atoms with Crippen molar-refractivity contribution in [3.63, 3.8) is 0 Å². The number of benzene rings is 2. The fraction of sp³-hybridized carbons (Fsp3) is 0.625. The van der Waals surface area contributed by atoms with E-state index < -0.39 is 0 Å². The number of hydrogen-bond donors (Lipinski definition) is 1. The molecule has 0 unspecified atom stereocenters. The third kappa shape index (κ3) is 15.1. The quantitative estimate of drug-likeness (QED) is 0.0948. The van der Waals surface area contributed by atoms with Gasteiger partial charge in [-0.1, -0.05) is 51.9 Å². The van der Waals surface area contributed by atoms with Crippen LogP contribution in [0.25, 0.3) is 0 Å². The van der Waals surface area contributed by atoms with E-state index in [-0.39, 0.29) is 6.61 Å². The summed E-state index contributed by atoms with van der Waals surface area (Å²) in [4.78, 5) is 0. The summed E-state index contributed by atoms with van der Waals surface area (Å²) in [6.45, 7) is 5.93. The van der Waals surface area contributed by atoms with E-state index in [4.69, 9.17) is 14.6 Å². The van der Waals surface area contributed by atoms with Crippen LogP contribution in [0.5, 0.6) is 11.5 Å². The Morgan fingerprint density at radius 2 is 1.00 bits per heavy atom. The molecular weight excluding hydrogens is 474 g/mol. The van der Waals surface area contributed by atoms with Crippen LogP contribution in [-0.2, 0) is 0 Å². The van der Waals surface area contributed by atoms with Crippen molar-refractivity contribution in [3.05, 3.63) is 48.5 Å². The lowest BCUT2D eigenvalue weighted by molar-refractivity contribution is -0.890. The Bertz CT molecular complexity index is 867. The maximum absolute atomic E-state index is 9.11. The number of likely N-dealkylation sites (N-methyl/N-ethyl adjacent to an activating group) is 1. The maximum Gasteiger partial charge on any atom is 0.119 e. The number of nitrogens with zero attached hydrogens (tertiary/aromatic N) is 3. The lowest BCUT2D eigenvalue weighted by Crippen LogP contribution is -2.42. The van der Waals surface area contributed by atoms with Gasteiger partial charge in [-0.2, -0.15) is 10.2 Å². The van der Waals surface area contributed by atoms with Gasteiger partial charge in [0.25, 0.3) is 0 Å². The molecule has 0 saturated carbocycles. The summed E-state index contributed by atoms with van der Waals surface area (Å²) in [5, 5.41) is 17.8. The zero-order valence-corrected chi connectivity index (χ0v) is 24.2. The standard InChI is InChI=1S/C32H52N3O3/c1-4-5-6-7-8-9-11-14-27-37-31-20-16-29(17-21-31)33-34-30-18-22-32(23-19-30)38-28-15-12-10-13-24-35(2,3)25-26-36/h16-23,36H,4-15,24-28H2,1-3H3/q+1. The molecular formula is C32H52N3O3+. The van der Waals surface area contributed by atoms with Crippen LogP contribution in [0.15, 0.2) is 58.8 Å². The van der Waals surface area contributed by atoms with E-state index in [1.165, 1.54) is 57.8 Å². The van der Waals surface area contributed by atoms with Crippen LogP contribution in [0, 0.1) is 0 Å². The summed E-state index contributed by atoms with van der Waals surface area (Å²) in [7, 11) is 4.35. The van der Waals surface area contributed by atoms with Gasteiger partial charge in [-0.3, -0.25) is 0 Å². The van der Waals surface area contributed by atoms with Gasteiger partial charge in [-0.25, -0.2) is 0 Å². The van der Waals surface area contributed by atoms with Gasteiger partial charge < -0.3 is 19.1 Å². The predicted molar refractivity (Wildman–Crippen MR) is 158 cm³/mol. The molecule has 0 saturated heterocycles. The van der Waals surface area contributed by atoms with Gasteiger partial charge in [0, 0.05) is 0 Å². The molecule has 38 heavy (non-hydrogen) atoms. The molecule has 2 rings (SSSR count). The predicted octanol–water partition coefficient (Wildman–Crippen LogP) is 8.63. The Morgan fingerprint density at radius 1 is 0.579 bits per heavy atom. The minimum absolute atomic E-state index is 0.253. The van der Waals surface area contributed by atoms with E-state index in [1.54, 1.807) is 0 Å². The largest absolute Gasteiger partial charge is 0.494 e. The summed E-state index contributed by atoms with van der Waals surface area (Å²) < 4.78 is 12.6. The van der Waals surface area contributed by atoms with E-state index in [9.17, 15) is 0 Å². The summed E-state index contributed by atoms with van der Waals surface area (Å²) in [6, 6.07) is 15.6. The third-order valence-corrected chi connectivity index (χ3v) is 6.85. The van der Waals surface area contributed by atoms with Crippen LogP contribution < -0.4 is 9.47 Å². The summed E-state index contributed by atoms with van der Waals surface area (Å²) in [6.07, 6.45) is 15.0. The highest BCUT2D eigenvalue weighted by Gasteiger charge is 2.12. The first-order valence-electron chi connectivity index (χ1n) is 14.8. The number of hydrogen-bond acceptors (Lipinski definition) is 5. The average molecular weight is 527 g/mol. The van der Waals surface area contributed by atoms with E-state index in [2.05, 4.69) is 31.2 Å². The van der Waals surface area contributed by atoms with E-state index >= 15 is 0 Å². The number of aliphatic hydroxyl groups excluding tert-OH is 1. The van der Waals surface area contributed by atoms with Crippen molar-refractivity contribution in [2.75, 3.05) is 47.0 Å². The van der Waals surface area contributed by atoms with Gasteiger partial charge in [0.15, 0.2) is 0 Å². The summed E-state index contributed by atoms with van der Waals surface area (Å²) in [5.41, 5.74) is 1.61. The van der Waals surface area contributed by atoms with Gasteiger partial charge in [0.1, 0.15) is 18.0 Å². The molecule has 0 fully saturated rings. The molecule has 0 aromatic heterocycles. The Morgan fingerprint density at radius 3 is 1.45 bits per heavy atom. The lowest BCUT2D eigenvalue weighted by atomic mass is 10.1. The smallest absolute Gasteiger partial charge is 0.119 e. The van der Waals surface area contributed by atoms with Crippen LogP contribution in [0.4, 0.5) is 11.4 Å². The van der Waals surface area contributed by atoms with Crippen molar-refractivity contribution in [1.82, 2.24) is 0 Å². The second-order valence-electron chi connectivity index (χ2n) is 10.9. The molecule has 0 amide bonds. The number of quaternary nitrogens is 1. The first-order valence-corrected chi connectivity index (χ1v) is 14.8. The fourth-order valence-electron chi connectivity index (χ4n) is 4.33. The van der Waals surface area contributed by atoms with Crippen LogP contribution in [0.1, 0.15) is 84.0 Å². The normalized spacial score (nSPS) is 11.8. The second-order valence-corrected chi connectivity index (χ2v) is 10.9. The zero-order valence-electron chi connectivity index (χ0n) is 24.2. The Hall–Kier alpha value is -2.44. The topological polar surface area (TPSA) is 63.4 Å². The van der Waals surface area contributed by atoms with Gasteiger partial charge >= 0.3 is 0 Å². The molecule has 2 aromatic rings. The van der Waals surface area contributed by atoms with Gasteiger partial charge in [-0.15, -0.1) is 0 Å². The van der Waals surface area contributed by atoms with Crippen molar-refractivity contribution in [2.45, 2.75) is 84.0 Å². The van der Waals surface area contributed by atoms with E-state index in [1.807, 2.05) is 48.5 Å². The third-order valence-electron chi connectivity index (χ3n) is 6.85. The molecule has 6 heteroatoms. The number of ether oxygens (including phenoxy) is 2. The SMILES string of the molecule is CCCCCCCCCCOc1ccc(N=Nc2ccc(OCCCCCC[N+](C)(C)CCO)cc2)cc1. The number of unbranched alkanes of at least 4 members (excludes halogenated alkanes) is 10. The molecule has 0 atom stereocenters. The first kappa shape index (κ1) is 31.8. The molecule has 0 aliphatic carbocycles. The van der Waals surface area contributed by atoms with Crippen molar-refractivity contribution in [1.29, 1.82) is 0 Å². The Balaban J connectivity index is 1.57. The molecule has 1 N–H and O–H groups in total.